The van der Waals surface area contributed by atoms with Crippen LogP contribution in [0.4, 0.5) is 4.79 Å². The molecular formula is C27H25N3O2S4. The molecule has 0 radical (unpaired) electrons. The van der Waals surface area contributed by atoms with Crippen molar-refractivity contribution in [3.63, 3.8) is 0 Å². The molecule has 0 aromatic carbocycles. The minimum absolute atomic E-state index is 0.407. The second-order valence-corrected chi connectivity index (χ2v) is 13.4. The fraction of sp³-hybridized carbons (Fsp3) is 0.296. The van der Waals surface area contributed by atoms with E-state index in [1.165, 1.54) is 16.2 Å². The van der Waals surface area contributed by atoms with Gasteiger partial charge in [0.25, 0.3) is 0 Å². The molecule has 184 valence electrons. The Labute approximate surface area is 227 Å². The van der Waals surface area contributed by atoms with Gasteiger partial charge in [0.15, 0.2) is 0 Å². The number of ether oxygens (including phenoxy) is 1. The molecule has 9 heteroatoms. The fourth-order valence-corrected chi connectivity index (χ4v) is 8.45. The summed E-state index contributed by atoms with van der Waals surface area (Å²) in [5, 5.41) is 24.7. The lowest BCUT2D eigenvalue weighted by molar-refractivity contribution is 0.0528. The summed E-state index contributed by atoms with van der Waals surface area (Å²) >= 11 is 6.48. The molecule has 0 saturated carbocycles. The van der Waals surface area contributed by atoms with Gasteiger partial charge in [0.1, 0.15) is 17.7 Å². The van der Waals surface area contributed by atoms with E-state index in [0.29, 0.717) is 17.7 Å². The second-order valence-electron chi connectivity index (χ2n) is 9.23. The van der Waals surface area contributed by atoms with Crippen molar-refractivity contribution >= 4 is 51.4 Å². The Hall–Kier alpha value is -2.95. The van der Waals surface area contributed by atoms with Crippen molar-refractivity contribution < 1.29 is 9.53 Å². The van der Waals surface area contributed by atoms with Crippen LogP contribution in [0.3, 0.4) is 0 Å². The summed E-state index contributed by atoms with van der Waals surface area (Å²) in [7, 11) is 0. The van der Waals surface area contributed by atoms with E-state index in [4.69, 9.17) is 4.74 Å². The number of nitrogens with one attached hydrogen (secondary N) is 1. The van der Waals surface area contributed by atoms with Crippen molar-refractivity contribution in [2.75, 3.05) is 6.54 Å². The van der Waals surface area contributed by atoms with Gasteiger partial charge >= 0.3 is 6.09 Å². The average Bonchev–Trinajstić information content (AvgIpc) is 3.57. The topological polar surface area (TPSA) is 85.9 Å². The third-order valence-electron chi connectivity index (χ3n) is 5.27. The number of hydrogen-bond donors (Lipinski definition) is 1. The smallest absolute Gasteiger partial charge is 0.407 e. The van der Waals surface area contributed by atoms with Crippen molar-refractivity contribution in [2.45, 2.75) is 46.6 Å². The van der Waals surface area contributed by atoms with E-state index in [0.717, 1.165) is 46.8 Å². The molecule has 4 aromatic heterocycles. The average molecular weight is 552 g/mol. The number of alkyl carbamates (subject to hydrolysis) is 1. The van der Waals surface area contributed by atoms with Crippen LogP contribution in [0.2, 0.25) is 0 Å². The first kappa shape index (κ1) is 26.1. The summed E-state index contributed by atoms with van der Waals surface area (Å²) in [4.78, 5) is 19.1. The van der Waals surface area contributed by atoms with E-state index in [9.17, 15) is 15.3 Å². The van der Waals surface area contributed by atoms with Crippen molar-refractivity contribution in [1.82, 2.24) is 5.32 Å². The third-order valence-corrected chi connectivity index (χ3v) is 10.4. The molecule has 5 nitrogen and oxygen atoms in total. The Morgan fingerprint density at radius 3 is 2.22 bits per heavy atom. The summed E-state index contributed by atoms with van der Waals surface area (Å²) in [6.45, 7) is 10.1. The molecule has 0 unspecified atom stereocenters. The number of aryl methyl sites for hydroxylation is 2. The van der Waals surface area contributed by atoms with E-state index in [1.807, 2.05) is 39.1 Å². The molecule has 0 spiro atoms. The number of nitriles is 2. The lowest BCUT2D eigenvalue weighted by atomic mass is 10.1. The van der Waals surface area contributed by atoms with Crippen molar-refractivity contribution in [3.05, 3.63) is 56.8 Å². The van der Waals surface area contributed by atoms with Crippen molar-refractivity contribution in [2.24, 2.45) is 0 Å². The van der Waals surface area contributed by atoms with Crippen LogP contribution in [-0.4, -0.2) is 18.2 Å². The van der Waals surface area contributed by atoms with Gasteiger partial charge in [-0.3, -0.25) is 0 Å². The summed E-state index contributed by atoms with van der Waals surface area (Å²) in [6, 6.07) is 13.0. The lowest BCUT2D eigenvalue weighted by Crippen LogP contribution is -2.33. The standard InChI is InChI=1S/C27H25N3O2S4/c1-15-9-11-33-22(15)24-18(13-28)19(14-29)25(36-24)23-16(2)12-21(35-23)20-7-6-17(34-20)8-10-30-26(31)32-27(3,4)5/h6-7,9,11-12H,8,10H2,1-5H3,(H,30,31). The van der Waals surface area contributed by atoms with Gasteiger partial charge < -0.3 is 10.1 Å². The predicted octanol–water partition coefficient (Wildman–Crippen LogP) is 8.36. The Morgan fingerprint density at radius 1 is 0.917 bits per heavy atom. The third kappa shape index (κ3) is 5.55. The molecule has 0 aliphatic carbocycles. The summed E-state index contributed by atoms with van der Waals surface area (Å²) < 4.78 is 5.29. The number of carbonyl (C=O) groups is 1. The SMILES string of the molecule is Cc1ccsc1-c1sc(-c2sc(-c3ccc(CCNC(=O)OC(C)(C)C)s3)cc2C)c(C#N)c1C#N. The normalized spacial score (nSPS) is 11.2. The summed E-state index contributed by atoms with van der Waals surface area (Å²) in [6.07, 6.45) is 0.315. The lowest BCUT2D eigenvalue weighted by Gasteiger charge is -2.19. The van der Waals surface area contributed by atoms with E-state index in [2.05, 4.69) is 42.6 Å². The second kappa shape index (κ2) is 10.6. The maximum atomic E-state index is 11.9. The molecule has 0 atom stereocenters. The molecular weight excluding hydrogens is 527 g/mol. The molecule has 36 heavy (non-hydrogen) atoms. The highest BCUT2D eigenvalue weighted by molar-refractivity contribution is 7.28. The minimum Gasteiger partial charge on any atom is -0.444 e. The van der Waals surface area contributed by atoms with Gasteiger partial charge in [0, 0.05) is 30.9 Å². The van der Waals surface area contributed by atoms with Crippen LogP contribution in [0.1, 0.15) is 47.9 Å². The van der Waals surface area contributed by atoms with E-state index >= 15 is 0 Å². The first-order valence-electron chi connectivity index (χ1n) is 11.3. The zero-order chi connectivity index (χ0) is 26.0. The van der Waals surface area contributed by atoms with Crippen LogP contribution >= 0.6 is 45.3 Å². The van der Waals surface area contributed by atoms with Gasteiger partial charge in [-0.05, 0) is 81.8 Å². The maximum Gasteiger partial charge on any atom is 0.407 e. The Balaban J connectivity index is 1.57. The van der Waals surface area contributed by atoms with E-state index in [1.54, 1.807) is 34.0 Å². The monoisotopic (exact) mass is 551 g/mol. The number of hydrogen-bond acceptors (Lipinski definition) is 8. The Morgan fingerprint density at radius 2 is 1.61 bits per heavy atom. The van der Waals surface area contributed by atoms with Gasteiger partial charge in [0.2, 0.25) is 0 Å². The Kier molecular flexibility index (Phi) is 7.67. The van der Waals surface area contributed by atoms with Gasteiger partial charge in [0.05, 0.1) is 20.9 Å². The number of carbonyl (C=O) groups excluding carboxylic acids is 1. The number of thiophene rings is 4. The minimum atomic E-state index is -0.514. The van der Waals surface area contributed by atoms with Crippen molar-refractivity contribution in [3.8, 4) is 41.4 Å². The summed E-state index contributed by atoms with van der Waals surface area (Å²) in [5.41, 5.74) is 2.62. The summed E-state index contributed by atoms with van der Waals surface area (Å²) in [5.74, 6) is 0. The van der Waals surface area contributed by atoms with Crippen LogP contribution in [0.25, 0.3) is 29.3 Å². The van der Waals surface area contributed by atoms with Crippen molar-refractivity contribution in [1.29, 1.82) is 10.5 Å². The van der Waals surface area contributed by atoms with Crippen LogP contribution < -0.4 is 5.32 Å². The molecule has 0 saturated heterocycles. The van der Waals surface area contributed by atoms with Gasteiger partial charge in [-0.25, -0.2) is 4.79 Å². The molecule has 0 bridgehead atoms. The first-order valence-corrected chi connectivity index (χ1v) is 14.6. The highest BCUT2D eigenvalue weighted by atomic mass is 32.1. The molecule has 4 rings (SSSR count). The zero-order valence-electron chi connectivity index (χ0n) is 20.6. The molecule has 4 aromatic rings. The number of amides is 1. The first-order chi connectivity index (χ1) is 17.1. The highest BCUT2D eigenvalue weighted by Crippen LogP contribution is 2.49. The van der Waals surface area contributed by atoms with Crippen LogP contribution in [-0.2, 0) is 11.2 Å². The van der Waals surface area contributed by atoms with Crippen LogP contribution in [0.15, 0.2) is 29.6 Å². The quantitative estimate of drug-likeness (QED) is 0.261. The molecule has 0 aliphatic heterocycles. The number of rotatable bonds is 6. The van der Waals surface area contributed by atoms with Crippen LogP contribution in [0.5, 0.6) is 0 Å². The van der Waals surface area contributed by atoms with Gasteiger partial charge in [-0.2, -0.15) is 10.5 Å². The molecule has 1 amide bonds. The van der Waals surface area contributed by atoms with E-state index < -0.39 is 11.7 Å². The zero-order valence-corrected chi connectivity index (χ0v) is 23.9. The highest BCUT2D eigenvalue weighted by Gasteiger charge is 2.24. The molecule has 0 aliphatic rings. The predicted molar refractivity (Wildman–Crippen MR) is 151 cm³/mol. The Bertz CT molecular complexity index is 1500. The van der Waals surface area contributed by atoms with E-state index in [-0.39, 0.29) is 0 Å². The fourth-order valence-electron chi connectivity index (χ4n) is 3.65. The van der Waals surface area contributed by atoms with Gasteiger partial charge in [-0.15, -0.1) is 45.3 Å². The van der Waals surface area contributed by atoms with Gasteiger partial charge in [-0.1, -0.05) is 0 Å². The maximum absolute atomic E-state index is 11.9. The largest absolute Gasteiger partial charge is 0.444 e. The molecule has 0 fully saturated rings. The molecule has 4 heterocycles. The molecule has 1 N–H and O–H groups in total. The number of nitrogens with zero attached hydrogens (tertiary/aromatic N) is 2. The van der Waals surface area contributed by atoms with Crippen LogP contribution in [0, 0.1) is 36.5 Å².